The van der Waals surface area contributed by atoms with Crippen LogP contribution in [0, 0.1) is 5.82 Å². The molecule has 0 unspecified atom stereocenters. The first-order valence-electron chi connectivity index (χ1n) is 11.6. The first-order chi connectivity index (χ1) is 15.5. The SMILES string of the molecule is CCc1c(CCN2CCN(c3csc4cc(F)ccc34)CC2)sc2c1CCN(C(C)=O)C2. The summed E-state index contributed by atoms with van der Waals surface area (Å²) in [6.45, 7) is 10.8. The number of halogens is 1. The lowest BCUT2D eigenvalue weighted by Crippen LogP contribution is -2.46. The average molecular weight is 472 g/mol. The van der Waals surface area contributed by atoms with Crippen molar-refractivity contribution in [2.75, 3.05) is 44.2 Å². The minimum Gasteiger partial charge on any atom is -0.368 e. The number of anilines is 1. The molecule has 1 saturated heterocycles. The lowest BCUT2D eigenvalue weighted by molar-refractivity contribution is -0.129. The topological polar surface area (TPSA) is 26.8 Å². The molecule has 5 rings (SSSR count). The normalized spacial score (nSPS) is 17.2. The van der Waals surface area contributed by atoms with E-state index >= 15 is 0 Å². The summed E-state index contributed by atoms with van der Waals surface area (Å²) in [6.07, 6.45) is 3.19. The molecule has 0 radical (unpaired) electrons. The molecular weight excluding hydrogens is 441 g/mol. The Balaban J connectivity index is 1.20. The van der Waals surface area contributed by atoms with Gasteiger partial charge in [0.05, 0.1) is 12.2 Å². The van der Waals surface area contributed by atoms with Crippen molar-refractivity contribution in [1.29, 1.82) is 0 Å². The van der Waals surface area contributed by atoms with Gasteiger partial charge in [-0.05, 0) is 48.6 Å². The smallest absolute Gasteiger partial charge is 0.219 e. The number of thiophene rings is 2. The summed E-state index contributed by atoms with van der Waals surface area (Å²) < 4.78 is 14.5. The number of hydrogen-bond acceptors (Lipinski definition) is 5. The fourth-order valence-electron chi connectivity index (χ4n) is 5.11. The molecule has 7 heteroatoms. The maximum Gasteiger partial charge on any atom is 0.219 e. The molecule has 0 bridgehead atoms. The molecule has 1 amide bonds. The maximum absolute atomic E-state index is 13.5. The fourth-order valence-corrected chi connectivity index (χ4v) is 7.56. The van der Waals surface area contributed by atoms with Crippen molar-refractivity contribution in [3.05, 3.63) is 50.3 Å². The lowest BCUT2D eigenvalue weighted by atomic mass is 9.99. The molecule has 0 saturated carbocycles. The van der Waals surface area contributed by atoms with Crippen LogP contribution in [-0.2, 0) is 30.6 Å². The van der Waals surface area contributed by atoms with E-state index in [0.717, 1.165) is 69.8 Å². The molecule has 1 aromatic carbocycles. The van der Waals surface area contributed by atoms with E-state index in [-0.39, 0.29) is 11.7 Å². The van der Waals surface area contributed by atoms with Crippen molar-refractivity contribution in [2.45, 2.75) is 39.7 Å². The van der Waals surface area contributed by atoms with E-state index in [1.807, 2.05) is 22.3 Å². The van der Waals surface area contributed by atoms with Gasteiger partial charge < -0.3 is 9.80 Å². The van der Waals surface area contributed by atoms with E-state index in [4.69, 9.17) is 0 Å². The van der Waals surface area contributed by atoms with Gasteiger partial charge in [-0.25, -0.2) is 4.39 Å². The van der Waals surface area contributed by atoms with Crippen LogP contribution in [-0.4, -0.2) is 55.0 Å². The van der Waals surface area contributed by atoms with Crippen molar-refractivity contribution < 1.29 is 9.18 Å². The summed E-state index contributed by atoms with van der Waals surface area (Å²) in [5, 5.41) is 3.34. The molecule has 2 aliphatic heterocycles. The Morgan fingerprint density at radius 2 is 1.97 bits per heavy atom. The second kappa shape index (κ2) is 9.12. The van der Waals surface area contributed by atoms with Crippen LogP contribution < -0.4 is 4.90 Å². The van der Waals surface area contributed by atoms with Gasteiger partial charge in [-0.1, -0.05) is 6.92 Å². The molecule has 4 nitrogen and oxygen atoms in total. The summed E-state index contributed by atoms with van der Waals surface area (Å²) >= 11 is 3.57. The number of hydrogen-bond donors (Lipinski definition) is 0. The van der Waals surface area contributed by atoms with E-state index in [9.17, 15) is 9.18 Å². The first kappa shape index (κ1) is 21.9. The molecule has 0 aliphatic carbocycles. The number of amides is 1. The van der Waals surface area contributed by atoms with Gasteiger partial charge in [-0.15, -0.1) is 22.7 Å². The molecular formula is C25H30FN3OS2. The number of piperazine rings is 1. The highest BCUT2D eigenvalue weighted by Gasteiger charge is 2.25. The monoisotopic (exact) mass is 471 g/mol. The quantitative estimate of drug-likeness (QED) is 0.528. The van der Waals surface area contributed by atoms with Gasteiger partial charge in [0.1, 0.15) is 5.82 Å². The van der Waals surface area contributed by atoms with Gasteiger partial charge in [-0.2, -0.15) is 0 Å². The molecule has 170 valence electrons. The molecule has 32 heavy (non-hydrogen) atoms. The zero-order valence-electron chi connectivity index (χ0n) is 18.8. The fraction of sp³-hybridized carbons (Fsp3) is 0.480. The average Bonchev–Trinajstić information content (AvgIpc) is 3.37. The molecule has 0 N–H and O–H groups in total. The van der Waals surface area contributed by atoms with Crippen LogP contribution in [0.3, 0.4) is 0 Å². The Labute approximate surface area is 197 Å². The minimum absolute atomic E-state index is 0.161. The van der Waals surface area contributed by atoms with Crippen LogP contribution in [0.1, 0.15) is 34.7 Å². The third kappa shape index (κ3) is 4.18. The largest absolute Gasteiger partial charge is 0.368 e. The van der Waals surface area contributed by atoms with E-state index < -0.39 is 0 Å². The summed E-state index contributed by atoms with van der Waals surface area (Å²) in [6, 6.07) is 5.12. The number of nitrogens with zero attached hydrogens (tertiary/aromatic N) is 3. The highest BCUT2D eigenvalue weighted by molar-refractivity contribution is 7.17. The highest BCUT2D eigenvalue weighted by atomic mass is 32.1. The van der Waals surface area contributed by atoms with Gasteiger partial charge in [0, 0.05) is 71.4 Å². The predicted molar refractivity (Wildman–Crippen MR) is 133 cm³/mol. The molecule has 4 heterocycles. The Morgan fingerprint density at radius 1 is 1.16 bits per heavy atom. The van der Waals surface area contributed by atoms with Gasteiger partial charge in [0.25, 0.3) is 0 Å². The number of carbonyl (C=O) groups is 1. The summed E-state index contributed by atoms with van der Waals surface area (Å²) in [5.74, 6) is 0.0245. The molecule has 0 spiro atoms. The molecule has 1 fully saturated rings. The third-order valence-electron chi connectivity index (χ3n) is 6.93. The maximum atomic E-state index is 13.5. The third-order valence-corrected chi connectivity index (χ3v) is 9.19. The second-order valence-electron chi connectivity index (χ2n) is 8.79. The van der Waals surface area contributed by atoms with Crippen LogP contribution >= 0.6 is 22.7 Å². The second-order valence-corrected chi connectivity index (χ2v) is 10.9. The van der Waals surface area contributed by atoms with Crippen LogP contribution in [0.15, 0.2) is 23.6 Å². The van der Waals surface area contributed by atoms with Gasteiger partial charge >= 0.3 is 0 Å². The number of benzene rings is 1. The Hall–Kier alpha value is -1.96. The van der Waals surface area contributed by atoms with Crippen LogP contribution in [0.4, 0.5) is 10.1 Å². The molecule has 2 aliphatic rings. The number of carbonyl (C=O) groups excluding carboxylic acids is 1. The minimum atomic E-state index is -0.161. The number of fused-ring (bicyclic) bond motifs is 2. The van der Waals surface area contributed by atoms with E-state index in [1.54, 1.807) is 36.0 Å². The van der Waals surface area contributed by atoms with E-state index in [1.165, 1.54) is 26.4 Å². The zero-order valence-corrected chi connectivity index (χ0v) is 20.5. The first-order valence-corrected chi connectivity index (χ1v) is 13.2. The summed E-state index contributed by atoms with van der Waals surface area (Å²) in [7, 11) is 0. The Bertz CT molecular complexity index is 1130. The van der Waals surface area contributed by atoms with Crippen LogP contribution in [0.2, 0.25) is 0 Å². The molecule has 0 atom stereocenters. The number of rotatable bonds is 5. The Kier molecular flexibility index (Phi) is 6.23. The molecule has 3 aromatic rings. The van der Waals surface area contributed by atoms with E-state index in [0.29, 0.717) is 0 Å². The van der Waals surface area contributed by atoms with Crippen LogP contribution in [0.5, 0.6) is 0 Å². The molecule has 2 aromatic heterocycles. The summed E-state index contributed by atoms with van der Waals surface area (Å²) in [4.78, 5) is 21.7. The van der Waals surface area contributed by atoms with Gasteiger partial charge in [-0.3, -0.25) is 9.69 Å². The Morgan fingerprint density at radius 3 is 2.72 bits per heavy atom. The lowest BCUT2D eigenvalue weighted by Gasteiger charge is -2.35. The standard InChI is InChI=1S/C25H30FN3OS2/c1-3-19-20-6-9-29(17(2)30)15-25(20)32-23(19)7-8-27-10-12-28(13-11-27)22-16-31-24-14-18(26)4-5-21(22)24/h4-5,14,16H,3,6-13,15H2,1-2H3. The van der Waals surface area contributed by atoms with Crippen molar-refractivity contribution in [3.8, 4) is 0 Å². The van der Waals surface area contributed by atoms with Crippen molar-refractivity contribution >= 4 is 44.4 Å². The zero-order chi connectivity index (χ0) is 22.2. The van der Waals surface area contributed by atoms with Crippen molar-refractivity contribution in [2.24, 2.45) is 0 Å². The predicted octanol–water partition coefficient (Wildman–Crippen LogP) is 4.93. The van der Waals surface area contributed by atoms with Crippen LogP contribution in [0.25, 0.3) is 10.1 Å². The highest BCUT2D eigenvalue weighted by Crippen LogP contribution is 2.35. The van der Waals surface area contributed by atoms with Gasteiger partial charge in [0.2, 0.25) is 5.91 Å². The van der Waals surface area contributed by atoms with Gasteiger partial charge in [0.15, 0.2) is 0 Å². The summed E-state index contributed by atoms with van der Waals surface area (Å²) in [5.41, 5.74) is 4.32. The van der Waals surface area contributed by atoms with Crippen molar-refractivity contribution in [3.63, 3.8) is 0 Å². The van der Waals surface area contributed by atoms with E-state index in [2.05, 4.69) is 22.1 Å². The van der Waals surface area contributed by atoms with Crippen molar-refractivity contribution in [1.82, 2.24) is 9.80 Å².